The predicted molar refractivity (Wildman–Crippen MR) is 80.0 cm³/mol. The van der Waals surface area contributed by atoms with Crippen molar-refractivity contribution in [1.82, 2.24) is 20.0 Å². The summed E-state index contributed by atoms with van der Waals surface area (Å²) in [6.45, 7) is 0.714. The molecule has 124 valence electrons. The molecular weight excluding hydrogens is 324 g/mol. The van der Waals surface area contributed by atoms with Crippen LogP contribution in [-0.4, -0.2) is 56.2 Å². The number of carbonyl (C=O) groups excluding carboxylic acids is 2. The quantitative estimate of drug-likeness (QED) is 0.804. The number of aromatic nitrogens is 2. The molecule has 2 saturated heterocycles. The van der Waals surface area contributed by atoms with Gasteiger partial charge in [0.1, 0.15) is 0 Å². The van der Waals surface area contributed by atoms with E-state index >= 15 is 0 Å². The Labute approximate surface area is 137 Å². The van der Waals surface area contributed by atoms with Gasteiger partial charge < -0.3 is 15.3 Å². The molecule has 2 N–H and O–H groups in total. The Bertz CT molecular complexity index is 678. The Morgan fingerprint density at radius 2 is 2.09 bits per heavy atom. The first-order valence-corrected chi connectivity index (χ1v) is 7.72. The first-order chi connectivity index (χ1) is 10.8. The van der Waals surface area contributed by atoms with Crippen molar-refractivity contribution in [3.63, 3.8) is 0 Å². The van der Waals surface area contributed by atoms with Crippen LogP contribution in [0.5, 0.6) is 0 Å². The van der Waals surface area contributed by atoms with E-state index in [-0.39, 0.29) is 29.0 Å². The van der Waals surface area contributed by atoms with Crippen LogP contribution < -0.4 is 5.32 Å². The van der Waals surface area contributed by atoms with Crippen LogP contribution >= 0.6 is 11.6 Å². The van der Waals surface area contributed by atoms with Crippen molar-refractivity contribution in [2.75, 3.05) is 13.1 Å². The van der Waals surface area contributed by atoms with Crippen LogP contribution in [0.1, 0.15) is 29.8 Å². The highest BCUT2D eigenvalue weighted by Gasteiger charge is 2.52. The van der Waals surface area contributed by atoms with E-state index in [1.54, 1.807) is 18.1 Å². The van der Waals surface area contributed by atoms with Gasteiger partial charge in [-0.25, -0.2) is 0 Å². The van der Waals surface area contributed by atoms with Crippen molar-refractivity contribution in [3.05, 3.63) is 16.9 Å². The number of aliphatic carboxylic acids is 1. The Hall–Kier alpha value is -2.09. The van der Waals surface area contributed by atoms with E-state index in [0.717, 1.165) is 0 Å². The van der Waals surface area contributed by atoms with Crippen molar-refractivity contribution in [2.45, 2.75) is 24.8 Å². The topological polar surface area (TPSA) is 105 Å². The number of carbonyl (C=O) groups is 3. The average molecular weight is 341 g/mol. The fourth-order valence-electron chi connectivity index (χ4n) is 3.46. The Kier molecular flexibility index (Phi) is 3.79. The van der Waals surface area contributed by atoms with Crippen LogP contribution in [0.2, 0.25) is 5.02 Å². The number of hydrogen-bond donors (Lipinski definition) is 2. The molecule has 3 rings (SSSR count). The van der Waals surface area contributed by atoms with E-state index in [4.69, 9.17) is 11.6 Å². The Balaban J connectivity index is 1.73. The minimum atomic E-state index is -0.976. The third-order valence-electron chi connectivity index (χ3n) is 4.67. The number of carboxylic acid groups (broad SMARTS) is 1. The summed E-state index contributed by atoms with van der Waals surface area (Å²) < 4.78 is 1.47. The number of amides is 2. The second-order valence-corrected chi connectivity index (χ2v) is 6.50. The zero-order chi connectivity index (χ0) is 16.8. The molecule has 0 unspecified atom stereocenters. The van der Waals surface area contributed by atoms with Gasteiger partial charge in [-0.2, -0.15) is 5.10 Å². The molecule has 2 fully saturated rings. The first-order valence-electron chi connectivity index (χ1n) is 7.34. The molecule has 1 atom stereocenters. The number of nitrogens with one attached hydrogen (secondary N) is 1. The smallest absolute Gasteiger partial charge is 0.309 e. The van der Waals surface area contributed by atoms with Gasteiger partial charge in [0, 0.05) is 32.8 Å². The predicted octanol–water partition coefficient (Wildman–Crippen LogP) is 0.269. The summed E-state index contributed by atoms with van der Waals surface area (Å²) in [5, 5.41) is 16.5. The summed E-state index contributed by atoms with van der Waals surface area (Å²) in [5.74, 6) is -2.24. The number of halogens is 1. The summed E-state index contributed by atoms with van der Waals surface area (Å²) in [5.41, 5.74) is -0.566. The summed E-state index contributed by atoms with van der Waals surface area (Å²) in [7, 11) is 1.68. The highest BCUT2D eigenvalue weighted by molar-refractivity contribution is 6.33. The molecule has 2 aliphatic rings. The minimum absolute atomic E-state index is 0.00461. The van der Waals surface area contributed by atoms with Gasteiger partial charge in [0.15, 0.2) is 5.69 Å². The molecule has 9 heteroatoms. The molecule has 2 aliphatic heterocycles. The molecule has 0 saturated carbocycles. The van der Waals surface area contributed by atoms with Crippen molar-refractivity contribution in [3.8, 4) is 0 Å². The normalized spacial score (nSPS) is 23.1. The maximum absolute atomic E-state index is 12.5. The van der Waals surface area contributed by atoms with Gasteiger partial charge in [0.2, 0.25) is 5.91 Å². The third-order valence-corrected chi connectivity index (χ3v) is 4.95. The fourth-order valence-corrected chi connectivity index (χ4v) is 3.72. The molecule has 0 aromatic carbocycles. The first kappa shape index (κ1) is 15.8. The molecule has 1 aromatic rings. The summed E-state index contributed by atoms with van der Waals surface area (Å²) in [6.07, 6.45) is 2.37. The van der Waals surface area contributed by atoms with Gasteiger partial charge in [-0.1, -0.05) is 11.6 Å². The molecular formula is C14H17ClN4O4. The fraction of sp³-hybridized carbons (Fsp3) is 0.571. The Morgan fingerprint density at radius 1 is 1.43 bits per heavy atom. The molecule has 0 bridgehead atoms. The largest absolute Gasteiger partial charge is 0.481 e. The molecule has 23 heavy (non-hydrogen) atoms. The SMILES string of the molecule is Cn1cc(Cl)c(C(=O)N2CCC3(CC2)NC(=O)C[C@H]3C(=O)O)n1. The second kappa shape index (κ2) is 5.52. The molecule has 3 heterocycles. The van der Waals surface area contributed by atoms with Gasteiger partial charge in [-0.05, 0) is 12.8 Å². The zero-order valence-electron chi connectivity index (χ0n) is 12.6. The van der Waals surface area contributed by atoms with Crippen LogP contribution in [0.3, 0.4) is 0 Å². The number of aryl methyl sites for hydroxylation is 1. The summed E-state index contributed by atoms with van der Waals surface area (Å²) in [4.78, 5) is 37.1. The van der Waals surface area contributed by atoms with Crippen LogP contribution in [-0.2, 0) is 16.6 Å². The number of nitrogens with zero attached hydrogens (tertiary/aromatic N) is 3. The van der Waals surface area contributed by atoms with Crippen molar-refractivity contribution < 1.29 is 19.5 Å². The lowest BCUT2D eigenvalue weighted by molar-refractivity contribution is -0.144. The van der Waals surface area contributed by atoms with Crippen molar-refractivity contribution in [2.24, 2.45) is 13.0 Å². The lowest BCUT2D eigenvalue weighted by Gasteiger charge is -2.41. The minimum Gasteiger partial charge on any atom is -0.481 e. The van der Waals surface area contributed by atoms with Gasteiger partial charge >= 0.3 is 5.97 Å². The van der Waals surface area contributed by atoms with E-state index in [0.29, 0.717) is 25.9 Å². The lowest BCUT2D eigenvalue weighted by atomic mass is 9.77. The molecule has 1 spiro atoms. The Morgan fingerprint density at radius 3 is 2.61 bits per heavy atom. The molecule has 0 radical (unpaired) electrons. The van der Waals surface area contributed by atoms with Gasteiger partial charge in [0.25, 0.3) is 5.91 Å². The van der Waals surface area contributed by atoms with E-state index in [1.165, 1.54) is 4.68 Å². The van der Waals surface area contributed by atoms with Crippen molar-refractivity contribution in [1.29, 1.82) is 0 Å². The van der Waals surface area contributed by atoms with E-state index in [2.05, 4.69) is 10.4 Å². The summed E-state index contributed by atoms with van der Waals surface area (Å²) in [6, 6.07) is 0. The molecule has 2 amide bonds. The highest BCUT2D eigenvalue weighted by Crippen LogP contribution is 2.37. The lowest BCUT2D eigenvalue weighted by Crippen LogP contribution is -2.56. The second-order valence-electron chi connectivity index (χ2n) is 6.09. The standard InChI is InChI=1S/C14H17ClN4O4/c1-18-7-9(15)11(17-18)12(21)19-4-2-14(3-5-19)8(13(22)23)6-10(20)16-14/h7-8H,2-6H2,1H3,(H,16,20)(H,22,23)/t8-/m0/s1. The van der Waals surface area contributed by atoms with Gasteiger partial charge in [-0.3, -0.25) is 19.1 Å². The van der Waals surface area contributed by atoms with Crippen LogP contribution in [0.4, 0.5) is 0 Å². The third kappa shape index (κ3) is 2.67. The zero-order valence-corrected chi connectivity index (χ0v) is 13.3. The monoisotopic (exact) mass is 340 g/mol. The van der Waals surface area contributed by atoms with E-state index in [9.17, 15) is 19.5 Å². The van der Waals surface area contributed by atoms with Crippen molar-refractivity contribution >= 4 is 29.4 Å². The number of rotatable bonds is 2. The number of hydrogen-bond acceptors (Lipinski definition) is 4. The summed E-state index contributed by atoms with van der Waals surface area (Å²) >= 11 is 6.00. The maximum Gasteiger partial charge on any atom is 0.309 e. The molecule has 0 aliphatic carbocycles. The van der Waals surface area contributed by atoms with Gasteiger partial charge in [-0.15, -0.1) is 0 Å². The highest BCUT2D eigenvalue weighted by atomic mass is 35.5. The average Bonchev–Trinajstić information content (AvgIpc) is 2.99. The van der Waals surface area contributed by atoms with Crippen LogP contribution in [0, 0.1) is 5.92 Å². The van der Waals surface area contributed by atoms with E-state index < -0.39 is 17.4 Å². The van der Waals surface area contributed by atoms with Gasteiger partial charge in [0.05, 0.1) is 16.5 Å². The number of carboxylic acids is 1. The number of likely N-dealkylation sites (tertiary alicyclic amines) is 1. The molecule has 8 nitrogen and oxygen atoms in total. The van der Waals surface area contributed by atoms with Crippen LogP contribution in [0.25, 0.3) is 0 Å². The van der Waals surface area contributed by atoms with E-state index in [1.807, 2.05) is 0 Å². The molecule has 1 aromatic heterocycles. The maximum atomic E-state index is 12.5. The van der Waals surface area contributed by atoms with Crippen LogP contribution in [0.15, 0.2) is 6.20 Å². The number of piperidine rings is 1.